The van der Waals surface area contributed by atoms with E-state index in [9.17, 15) is 0 Å². The first-order chi connectivity index (χ1) is 7.34. The molecule has 0 atom stereocenters. The SMILES string of the molecule is Clc1ccc(CNCc2cc[nH]c2)cn1. The molecule has 0 amide bonds. The van der Waals surface area contributed by atoms with E-state index in [0.29, 0.717) is 5.15 Å². The standard InChI is InChI=1S/C11H12ClN3/c12-11-2-1-9(8-15-11)6-14-7-10-3-4-13-5-10/h1-5,8,13-14H,6-7H2. The summed E-state index contributed by atoms with van der Waals surface area (Å²) in [5.41, 5.74) is 2.38. The summed E-state index contributed by atoms with van der Waals surface area (Å²) < 4.78 is 0. The monoisotopic (exact) mass is 221 g/mol. The summed E-state index contributed by atoms with van der Waals surface area (Å²) in [7, 11) is 0. The van der Waals surface area contributed by atoms with Crippen LogP contribution in [0.3, 0.4) is 0 Å². The molecule has 0 fully saturated rings. The average molecular weight is 222 g/mol. The molecule has 2 N–H and O–H groups in total. The van der Waals surface area contributed by atoms with Crippen LogP contribution in [0.4, 0.5) is 0 Å². The summed E-state index contributed by atoms with van der Waals surface area (Å²) in [5, 5.41) is 3.85. The summed E-state index contributed by atoms with van der Waals surface area (Å²) in [6, 6.07) is 5.82. The maximum atomic E-state index is 5.69. The van der Waals surface area contributed by atoms with Gasteiger partial charge in [-0.15, -0.1) is 0 Å². The molecule has 0 bridgehead atoms. The Morgan fingerprint density at radius 1 is 1.20 bits per heavy atom. The van der Waals surface area contributed by atoms with Gasteiger partial charge in [-0.2, -0.15) is 0 Å². The van der Waals surface area contributed by atoms with Crippen molar-refractivity contribution in [2.24, 2.45) is 0 Å². The molecule has 0 unspecified atom stereocenters. The van der Waals surface area contributed by atoms with E-state index in [-0.39, 0.29) is 0 Å². The summed E-state index contributed by atoms with van der Waals surface area (Å²) in [6.45, 7) is 1.65. The molecule has 0 aliphatic heterocycles. The Kier molecular flexibility index (Phi) is 3.37. The highest BCUT2D eigenvalue weighted by molar-refractivity contribution is 6.29. The number of hydrogen-bond donors (Lipinski definition) is 2. The number of aromatic amines is 1. The fourth-order valence-corrected chi connectivity index (χ4v) is 1.44. The Morgan fingerprint density at radius 3 is 2.73 bits per heavy atom. The molecule has 15 heavy (non-hydrogen) atoms. The molecule has 0 saturated carbocycles. The van der Waals surface area contributed by atoms with Crippen LogP contribution >= 0.6 is 11.6 Å². The molecule has 2 rings (SSSR count). The van der Waals surface area contributed by atoms with Crippen LogP contribution in [0, 0.1) is 0 Å². The van der Waals surface area contributed by atoms with Gasteiger partial charge in [-0.3, -0.25) is 0 Å². The quantitative estimate of drug-likeness (QED) is 0.779. The maximum absolute atomic E-state index is 5.69. The molecular formula is C11H12ClN3. The Hall–Kier alpha value is -1.32. The van der Waals surface area contributed by atoms with E-state index in [4.69, 9.17) is 11.6 Å². The fourth-order valence-electron chi connectivity index (χ4n) is 1.33. The van der Waals surface area contributed by atoms with Gasteiger partial charge in [-0.05, 0) is 23.3 Å². The van der Waals surface area contributed by atoms with E-state index >= 15 is 0 Å². The van der Waals surface area contributed by atoms with Gasteiger partial charge >= 0.3 is 0 Å². The predicted molar refractivity (Wildman–Crippen MR) is 60.6 cm³/mol. The molecule has 2 aromatic rings. The van der Waals surface area contributed by atoms with E-state index < -0.39 is 0 Å². The molecule has 2 aromatic heterocycles. The highest BCUT2D eigenvalue weighted by Crippen LogP contribution is 2.05. The number of pyridine rings is 1. The molecule has 0 radical (unpaired) electrons. The lowest BCUT2D eigenvalue weighted by Crippen LogP contribution is -2.12. The van der Waals surface area contributed by atoms with Crippen LogP contribution in [0.5, 0.6) is 0 Å². The van der Waals surface area contributed by atoms with Gasteiger partial charge in [0.1, 0.15) is 5.15 Å². The summed E-state index contributed by atoms with van der Waals surface area (Å²) >= 11 is 5.69. The first-order valence-corrected chi connectivity index (χ1v) is 5.15. The van der Waals surface area contributed by atoms with Gasteiger partial charge < -0.3 is 10.3 Å². The normalized spacial score (nSPS) is 10.5. The molecule has 0 aliphatic carbocycles. The minimum Gasteiger partial charge on any atom is -0.367 e. The fraction of sp³-hybridized carbons (Fsp3) is 0.182. The lowest BCUT2D eigenvalue weighted by molar-refractivity contribution is 0.692. The zero-order valence-electron chi connectivity index (χ0n) is 8.20. The van der Waals surface area contributed by atoms with E-state index in [1.54, 1.807) is 12.3 Å². The van der Waals surface area contributed by atoms with Gasteiger partial charge in [-0.25, -0.2) is 4.98 Å². The maximum Gasteiger partial charge on any atom is 0.129 e. The first-order valence-electron chi connectivity index (χ1n) is 4.77. The molecule has 78 valence electrons. The number of nitrogens with one attached hydrogen (secondary N) is 2. The van der Waals surface area contributed by atoms with E-state index in [1.807, 2.05) is 24.5 Å². The highest BCUT2D eigenvalue weighted by Gasteiger charge is 1.95. The minimum absolute atomic E-state index is 0.532. The van der Waals surface area contributed by atoms with Crippen molar-refractivity contribution in [1.82, 2.24) is 15.3 Å². The van der Waals surface area contributed by atoms with Gasteiger partial charge in [0, 0.05) is 31.7 Å². The molecule has 0 aliphatic rings. The van der Waals surface area contributed by atoms with Gasteiger partial charge in [0.15, 0.2) is 0 Å². The van der Waals surface area contributed by atoms with Gasteiger partial charge in [0.25, 0.3) is 0 Å². The summed E-state index contributed by atoms with van der Waals surface area (Å²) in [5.74, 6) is 0. The molecule has 0 saturated heterocycles. The van der Waals surface area contributed by atoms with E-state index in [0.717, 1.165) is 18.7 Å². The topological polar surface area (TPSA) is 40.7 Å². The molecular weight excluding hydrogens is 210 g/mol. The second kappa shape index (κ2) is 4.96. The Morgan fingerprint density at radius 2 is 2.07 bits per heavy atom. The largest absolute Gasteiger partial charge is 0.367 e. The van der Waals surface area contributed by atoms with Crippen molar-refractivity contribution in [1.29, 1.82) is 0 Å². The number of H-pyrrole nitrogens is 1. The molecule has 2 heterocycles. The smallest absolute Gasteiger partial charge is 0.129 e. The lowest BCUT2D eigenvalue weighted by atomic mass is 10.3. The Balaban J connectivity index is 1.81. The summed E-state index contributed by atoms with van der Waals surface area (Å²) in [4.78, 5) is 7.03. The van der Waals surface area contributed by atoms with Crippen molar-refractivity contribution < 1.29 is 0 Å². The first kappa shape index (κ1) is 10.2. The second-order valence-corrected chi connectivity index (χ2v) is 3.70. The second-order valence-electron chi connectivity index (χ2n) is 3.31. The van der Waals surface area contributed by atoms with Crippen LogP contribution in [0.25, 0.3) is 0 Å². The van der Waals surface area contributed by atoms with E-state index in [2.05, 4.69) is 15.3 Å². The predicted octanol–water partition coefficient (Wildman–Crippen LogP) is 2.35. The number of halogens is 1. The average Bonchev–Trinajstić information content (AvgIpc) is 2.74. The van der Waals surface area contributed by atoms with Crippen molar-refractivity contribution >= 4 is 11.6 Å². The minimum atomic E-state index is 0.532. The van der Waals surface area contributed by atoms with Crippen molar-refractivity contribution in [3.05, 3.63) is 53.1 Å². The highest BCUT2D eigenvalue weighted by atomic mass is 35.5. The molecule has 0 aromatic carbocycles. The Bertz CT molecular complexity index is 394. The van der Waals surface area contributed by atoms with Crippen molar-refractivity contribution in [3.63, 3.8) is 0 Å². The summed E-state index contributed by atoms with van der Waals surface area (Å²) in [6.07, 6.45) is 5.68. The third kappa shape index (κ3) is 3.08. The third-order valence-corrected chi connectivity index (χ3v) is 2.33. The van der Waals surface area contributed by atoms with E-state index in [1.165, 1.54) is 5.56 Å². The molecule has 0 spiro atoms. The van der Waals surface area contributed by atoms with Crippen molar-refractivity contribution in [2.75, 3.05) is 0 Å². The number of rotatable bonds is 4. The Labute approximate surface area is 93.5 Å². The lowest BCUT2D eigenvalue weighted by Gasteiger charge is -2.02. The van der Waals surface area contributed by atoms with Crippen molar-refractivity contribution in [3.8, 4) is 0 Å². The van der Waals surface area contributed by atoms with Crippen LogP contribution in [-0.2, 0) is 13.1 Å². The number of aromatic nitrogens is 2. The van der Waals surface area contributed by atoms with Gasteiger partial charge in [0.2, 0.25) is 0 Å². The zero-order valence-corrected chi connectivity index (χ0v) is 8.96. The molecule has 4 heteroatoms. The van der Waals surface area contributed by atoms with Crippen molar-refractivity contribution in [2.45, 2.75) is 13.1 Å². The van der Waals surface area contributed by atoms with Crippen LogP contribution < -0.4 is 5.32 Å². The van der Waals surface area contributed by atoms with Crippen LogP contribution in [-0.4, -0.2) is 9.97 Å². The number of hydrogen-bond acceptors (Lipinski definition) is 2. The third-order valence-electron chi connectivity index (χ3n) is 2.11. The van der Waals surface area contributed by atoms with Gasteiger partial charge in [-0.1, -0.05) is 17.7 Å². The number of nitrogens with zero attached hydrogens (tertiary/aromatic N) is 1. The molecule has 3 nitrogen and oxygen atoms in total. The van der Waals surface area contributed by atoms with Gasteiger partial charge in [0.05, 0.1) is 0 Å². The zero-order chi connectivity index (χ0) is 10.5. The van der Waals surface area contributed by atoms with Crippen LogP contribution in [0.15, 0.2) is 36.8 Å². The van der Waals surface area contributed by atoms with Crippen LogP contribution in [0.1, 0.15) is 11.1 Å². The van der Waals surface area contributed by atoms with Crippen LogP contribution in [0.2, 0.25) is 5.15 Å².